The molecule has 0 unspecified atom stereocenters. The van der Waals surface area contributed by atoms with E-state index in [-0.39, 0.29) is 12.5 Å². The number of fused-ring (bicyclic) bond motifs is 1. The predicted octanol–water partition coefficient (Wildman–Crippen LogP) is 3.84. The number of aromatic nitrogens is 2. The van der Waals surface area contributed by atoms with Crippen molar-refractivity contribution >= 4 is 29.2 Å². The minimum Gasteiger partial charge on any atom is -0.490 e. The first-order chi connectivity index (χ1) is 15.2. The van der Waals surface area contributed by atoms with Gasteiger partial charge >= 0.3 is 0 Å². The molecule has 0 aliphatic carbocycles. The Hall–Kier alpha value is -2.93. The normalized spacial score (nSPS) is 16.0. The van der Waals surface area contributed by atoms with Gasteiger partial charge in [-0.05, 0) is 30.2 Å². The van der Waals surface area contributed by atoms with Crippen LogP contribution < -0.4 is 14.5 Å². The Bertz CT molecular complexity index is 1080. The zero-order valence-electron chi connectivity index (χ0n) is 17.7. The molecule has 7 heteroatoms. The maximum absolute atomic E-state index is 13.3. The third-order valence-corrected chi connectivity index (χ3v) is 6.66. The first-order valence-electron chi connectivity index (χ1n) is 10.7. The van der Waals surface area contributed by atoms with Gasteiger partial charge in [0, 0.05) is 36.4 Å². The molecule has 3 aromatic rings. The number of nitrogens with zero attached hydrogens (tertiary/aromatic N) is 4. The summed E-state index contributed by atoms with van der Waals surface area (Å²) < 4.78 is 7.54. The number of carbonyl (C=O) groups is 1. The summed E-state index contributed by atoms with van der Waals surface area (Å²) in [5.41, 5.74) is 4.16. The van der Waals surface area contributed by atoms with Crippen LogP contribution in [0.15, 0.2) is 54.7 Å². The number of hydrogen-bond donors (Lipinski definition) is 0. The quantitative estimate of drug-likeness (QED) is 0.625. The molecular weight excluding hydrogens is 408 g/mol. The zero-order chi connectivity index (χ0) is 21.2. The fourth-order valence-electron chi connectivity index (χ4n) is 4.13. The van der Waals surface area contributed by atoms with E-state index in [0.29, 0.717) is 13.2 Å². The summed E-state index contributed by atoms with van der Waals surface area (Å²) in [6.07, 6.45) is 2.02. The third kappa shape index (κ3) is 4.14. The van der Waals surface area contributed by atoms with E-state index in [0.717, 1.165) is 58.5 Å². The van der Waals surface area contributed by atoms with Crippen molar-refractivity contribution in [1.82, 2.24) is 9.78 Å². The monoisotopic (exact) mass is 434 g/mol. The molecule has 0 N–H and O–H groups in total. The lowest BCUT2D eigenvalue weighted by Gasteiger charge is -2.30. The highest BCUT2D eigenvalue weighted by molar-refractivity contribution is 7.99. The van der Waals surface area contributed by atoms with Crippen LogP contribution in [0.4, 0.5) is 11.5 Å². The van der Waals surface area contributed by atoms with Crippen LogP contribution >= 0.6 is 11.8 Å². The smallest absolute Gasteiger partial charge is 0.248 e. The maximum Gasteiger partial charge on any atom is 0.248 e. The van der Waals surface area contributed by atoms with Crippen LogP contribution in [0, 0.1) is 6.92 Å². The lowest BCUT2D eigenvalue weighted by molar-refractivity contribution is -0.119. The Morgan fingerprint density at radius 3 is 2.71 bits per heavy atom. The Labute approximate surface area is 186 Å². The molecule has 31 heavy (non-hydrogen) atoms. The molecule has 0 bridgehead atoms. The van der Waals surface area contributed by atoms with Crippen molar-refractivity contribution in [3.63, 3.8) is 0 Å². The van der Waals surface area contributed by atoms with Crippen LogP contribution in [0.3, 0.4) is 0 Å². The third-order valence-electron chi connectivity index (χ3n) is 5.71. The predicted molar refractivity (Wildman–Crippen MR) is 126 cm³/mol. The molecule has 0 saturated carbocycles. The molecule has 1 aromatic heterocycles. The molecule has 1 saturated heterocycles. The van der Waals surface area contributed by atoms with Crippen molar-refractivity contribution in [2.45, 2.75) is 13.5 Å². The van der Waals surface area contributed by atoms with Gasteiger partial charge in [0.05, 0.1) is 12.2 Å². The summed E-state index contributed by atoms with van der Waals surface area (Å²) in [5.74, 6) is 3.96. The summed E-state index contributed by atoms with van der Waals surface area (Å²) in [5, 5.41) is 4.87. The summed E-state index contributed by atoms with van der Waals surface area (Å²) in [6.45, 7) is 5.25. The summed E-state index contributed by atoms with van der Waals surface area (Å²) in [4.78, 5) is 17.4. The van der Waals surface area contributed by atoms with Gasteiger partial charge in [-0.25, -0.2) is 0 Å². The van der Waals surface area contributed by atoms with Gasteiger partial charge in [-0.3, -0.25) is 9.48 Å². The highest BCUT2D eigenvalue weighted by Crippen LogP contribution is 2.34. The molecule has 0 atom stereocenters. The molecule has 5 rings (SSSR count). The van der Waals surface area contributed by atoms with Crippen LogP contribution in [0.25, 0.3) is 11.1 Å². The average Bonchev–Trinajstić information content (AvgIpc) is 3.23. The lowest BCUT2D eigenvalue weighted by atomic mass is 10.1. The van der Waals surface area contributed by atoms with Crippen molar-refractivity contribution in [2.24, 2.45) is 0 Å². The van der Waals surface area contributed by atoms with Gasteiger partial charge in [0.25, 0.3) is 0 Å². The highest BCUT2D eigenvalue weighted by atomic mass is 32.2. The summed E-state index contributed by atoms with van der Waals surface area (Å²) >= 11 is 1.98. The number of carbonyl (C=O) groups excluding carboxylic acids is 1. The highest BCUT2D eigenvalue weighted by Gasteiger charge is 2.26. The molecule has 3 heterocycles. The fraction of sp³-hybridized carbons (Fsp3) is 0.333. The fourth-order valence-corrected chi connectivity index (χ4v) is 5.04. The Balaban J connectivity index is 1.44. The van der Waals surface area contributed by atoms with E-state index in [1.807, 2.05) is 66.2 Å². The number of benzene rings is 2. The van der Waals surface area contributed by atoms with Crippen LogP contribution in [0.1, 0.15) is 5.56 Å². The van der Waals surface area contributed by atoms with Gasteiger partial charge in [-0.15, -0.1) is 0 Å². The summed E-state index contributed by atoms with van der Waals surface area (Å²) in [7, 11) is 0. The Morgan fingerprint density at radius 2 is 1.90 bits per heavy atom. The van der Waals surface area contributed by atoms with E-state index >= 15 is 0 Å². The number of anilines is 2. The second-order valence-corrected chi connectivity index (χ2v) is 9.12. The second kappa shape index (κ2) is 8.67. The molecule has 2 aromatic carbocycles. The van der Waals surface area contributed by atoms with Crippen molar-refractivity contribution in [1.29, 1.82) is 0 Å². The van der Waals surface area contributed by atoms with Crippen LogP contribution in [-0.2, 0) is 11.3 Å². The number of amides is 1. The van der Waals surface area contributed by atoms with E-state index in [9.17, 15) is 4.79 Å². The van der Waals surface area contributed by atoms with Crippen molar-refractivity contribution in [3.05, 3.63) is 60.3 Å². The zero-order valence-corrected chi connectivity index (χ0v) is 18.5. The van der Waals surface area contributed by atoms with E-state index in [1.165, 1.54) is 0 Å². The van der Waals surface area contributed by atoms with Crippen molar-refractivity contribution < 1.29 is 9.53 Å². The molecule has 2 aliphatic heterocycles. The average molecular weight is 435 g/mol. The Kier molecular flexibility index (Phi) is 5.59. The topological polar surface area (TPSA) is 50.6 Å². The molecule has 0 radical (unpaired) electrons. The molecule has 0 spiro atoms. The molecule has 6 nitrogen and oxygen atoms in total. The number of thioether (sulfide) groups is 1. The number of hydrogen-bond acceptors (Lipinski definition) is 5. The van der Waals surface area contributed by atoms with Gasteiger partial charge < -0.3 is 14.5 Å². The minimum atomic E-state index is 0.0259. The Morgan fingerprint density at radius 1 is 1.10 bits per heavy atom. The first kappa shape index (κ1) is 20.0. The van der Waals surface area contributed by atoms with Crippen LogP contribution in [0.5, 0.6) is 5.75 Å². The molecule has 2 aliphatic rings. The van der Waals surface area contributed by atoms with Gasteiger partial charge in [0.1, 0.15) is 18.9 Å². The van der Waals surface area contributed by atoms with Gasteiger partial charge in [-0.2, -0.15) is 16.9 Å². The van der Waals surface area contributed by atoms with Crippen LogP contribution in [-0.4, -0.2) is 53.4 Å². The van der Waals surface area contributed by atoms with E-state index in [2.05, 4.69) is 17.0 Å². The minimum absolute atomic E-state index is 0.0259. The summed E-state index contributed by atoms with van der Waals surface area (Å²) in [6, 6.07) is 16.3. The SMILES string of the molecule is Cc1ccc2c(c1)N(C(=O)Cn1cc(-c3ccccc3)c(N3CCSCC3)n1)CCO2. The van der Waals surface area contributed by atoms with E-state index in [4.69, 9.17) is 9.84 Å². The number of aryl methyl sites for hydroxylation is 1. The number of rotatable bonds is 4. The van der Waals surface area contributed by atoms with Gasteiger partial charge in [0.15, 0.2) is 5.82 Å². The first-order valence-corrected chi connectivity index (χ1v) is 11.8. The lowest BCUT2D eigenvalue weighted by Crippen LogP contribution is -2.40. The van der Waals surface area contributed by atoms with Crippen molar-refractivity contribution in [3.8, 4) is 16.9 Å². The maximum atomic E-state index is 13.3. The molecule has 1 amide bonds. The van der Waals surface area contributed by atoms with E-state index in [1.54, 1.807) is 4.68 Å². The standard InChI is InChI=1S/C24H26N4O2S/c1-18-7-8-22-21(15-18)28(9-12-30-22)23(29)17-27-16-20(19-5-3-2-4-6-19)24(25-27)26-10-13-31-14-11-26/h2-8,15-16H,9-14,17H2,1H3. The van der Waals surface area contributed by atoms with Crippen molar-refractivity contribution in [2.75, 3.05) is 47.5 Å². The van der Waals surface area contributed by atoms with E-state index < -0.39 is 0 Å². The second-order valence-electron chi connectivity index (χ2n) is 7.89. The molecule has 1 fully saturated rings. The van der Waals surface area contributed by atoms with Crippen LogP contribution in [0.2, 0.25) is 0 Å². The molecule has 160 valence electrons. The number of ether oxygens (including phenoxy) is 1. The molecular formula is C24H26N4O2S. The van der Waals surface area contributed by atoms with Gasteiger partial charge in [-0.1, -0.05) is 36.4 Å². The largest absolute Gasteiger partial charge is 0.490 e. The van der Waals surface area contributed by atoms with Gasteiger partial charge in [0.2, 0.25) is 5.91 Å².